The lowest BCUT2D eigenvalue weighted by atomic mass is 9.95. The first-order valence-corrected chi connectivity index (χ1v) is 7.94. The summed E-state index contributed by atoms with van der Waals surface area (Å²) >= 11 is 3.42. The van der Waals surface area contributed by atoms with Crippen molar-refractivity contribution in [3.8, 4) is 0 Å². The molecule has 1 aromatic rings. The zero-order chi connectivity index (χ0) is 15.2. The van der Waals surface area contributed by atoms with E-state index in [2.05, 4.69) is 21.2 Å². The Morgan fingerprint density at radius 3 is 2.57 bits per heavy atom. The largest absolute Gasteiger partial charge is 0.343 e. The van der Waals surface area contributed by atoms with Crippen molar-refractivity contribution in [2.45, 2.75) is 19.3 Å². The number of nitrogens with one attached hydrogen (secondary N) is 1. The molecule has 0 radical (unpaired) electrons. The summed E-state index contributed by atoms with van der Waals surface area (Å²) in [6.45, 7) is 1.64. The number of anilines is 1. The number of rotatable bonds is 4. The number of nitrogens with two attached hydrogens (primary N) is 1. The van der Waals surface area contributed by atoms with Crippen LogP contribution in [0, 0.1) is 5.92 Å². The second-order valence-electron chi connectivity index (χ2n) is 5.16. The lowest BCUT2D eigenvalue weighted by molar-refractivity contribution is -0.134. The van der Waals surface area contributed by atoms with Crippen molar-refractivity contribution in [1.82, 2.24) is 4.90 Å². The van der Waals surface area contributed by atoms with E-state index >= 15 is 0 Å². The minimum atomic E-state index is -0.0426. The third kappa shape index (κ3) is 4.28. The first-order chi connectivity index (χ1) is 10.1. The molecule has 114 valence electrons. The van der Waals surface area contributed by atoms with Crippen molar-refractivity contribution >= 4 is 33.4 Å². The minimum absolute atomic E-state index is 0.0211. The predicted molar refractivity (Wildman–Crippen MR) is 85.7 cm³/mol. The average Bonchev–Trinajstić information content (AvgIpc) is 2.50. The Bertz CT molecular complexity index is 513. The Hall–Kier alpha value is -1.40. The van der Waals surface area contributed by atoms with Crippen LogP contribution in [-0.2, 0) is 9.59 Å². The lowest BCUT2D eigenvalue weighted by Gasteiger charge is -2.31. The number of hydrogen-bond acceptors (Lipinski definition) is 3. The van der Waals surface area contributed by atoms with E-state index < -0.39 is 0 Å². The number of carbonyl (C=O) groups excluding carboxylic acids is 2. The van der Waals surface area contributed by atoms with Crippen LogP contribution < -0.4 is 11.1 Å². The van der Waals surface area contributed by atoms with Crippen LogP contribution in [0.25, 0.3) is 0 Å². The molecule has 2 amide bonds. The van der Waals surface area contributed by atoms with Crippen molar-refractivity contribution in [3.05, 3.63) is 28.7 Å². The number of para-hydroxylation sites is 1. The van der Waals surface area contributed by atoms with Crippen molar-refractivity contribution in [2.24, 2.45) is 11.7 Å². The molecule has 1 heterocycles. The number of benzene rings is 1. The zero-order valence-corrected chi connectivity index (χ0v) is 13.4. The summed E-state index contributed by atoms with van der Waals surface area (Å²) in [5.41, 5.74) is 6.18. The van der Waals surface area contributed by atoms with Gasteiger partial charge >= 0.3 is 0 Å². The van der Waals surface area contributed by atoms with Crippen molar-refractivity contribution in [2.75, 3.05) is 25.0 Å². The van der Waals surface area contributed by atoms with Gasteiger partial charge in [-0.25, -0.2) is 0 Å². The minimum Gasteiger partial charge on any atom is -0.343 e. The summed E-state index contributed by atoms with van der Waals surface area (Å²) in [6.07, 6.45) is 1.78. The molecule has 0 atom stereocenters. The van der Waals surface area contributed by atoms with E-state index in [-0.39, 0.29) is 17.7 Å². The van der Waals surface area contributed by atoms with Crippen LogP contribution in [0.3, 0.4) is 0 Å². The van der Waals surface area contributed by atoms with E-state index in [0.29, 0.717) is 38.9 Å². The maximum atomic E-state index is 12.3. The molecule has 0 aromatic heterocycles. The fourth-order valence-corrected chi connectivity index (χ4v) is 2.85. The summed E-state index contributed by atoms with van der Waals surface area (Å²) < 4.78 is 0.869. The molecule has 1 aliphatic heterocycles. The van der Waals surface area contributed by atoms with Crippen LogP contribution in [0.15, 0.2) is 28.7 Å². The second kappa shape index (κ2) is 7.56. The van der Waals surface area contributed by atoms with E-state index in [9.17, 15) is 9.59 Å². The molecule has 1 aliphatic rings. The standard InChI is InChI=1S/C15H20BrN3O2/c16-12-3-1-2-4-13(12)18-15(21)11-6-9-19(10-7-11)14(20)5-8-17/h1-4,11H,5-10,17H2,(H,18,21). The van der Waals surface area contributed by atoms with Crippen LogP contribution in [0.5, 0.6) is 0 Å². The summed E-state index contributed by atoms with van der Waals surface area (Å²) in [5.74, 6) is 0.0639. The number of piperidine rings is 1. The molecule has 3 N–H and O–H groups in total. The van der Waals surface area contributed by atoms with Gasteiger partial charge in [0.15, 0.2) is 0 Å². The first kappa shape index (κ1) is 16.0. The highest BCUT2D eigenvalue weighted by atomic mass is 79.9. The zero-order valence-electron chi connectivity index (χ0n) is 11.8. The van der Waals surface area contributed by atoms with Gasteiger partial charge in [0, 0.05) is 36.4 Å². The highest BCUT2D eigenvalue weighted by molar-refractivity contribution is 9.10. The number of hydrogen-bond donors (Lipinski definition) is 2. The van der Waals surface area contributed by atoms with Gasteiger partial charge in [-0.3, -0.25) is 9.59 Å². The van der Waals surface area contributed by atoms with Gasteiger partial charge in [0.05, 0.1) is 5.69 Å². The molecule has 0 bridgehead atoms. The Balaban J connectivity index is 1.86. The van der Waals surface area contributed by atoms with E-state index in [1.165, 1.54) is 0 Å². The summed E-state index contributed by atoms with van der Waals surface area (Å²) in [4.78, 5) is 25.8. The van der Waals surface area contributed by atoms with Gasteiger partial charge in [0.2, 0.25) is 11.8 Å². The number of carbonyl (C=O) groups is 2. The van der Waals surface area contributed by atoms with Gasteiger partial charge in [0.25, 0.3) is 0 Å². The van der Waals surface area contributed by atoms with E-state index in [1.54, 1.807) is 4.90 Å². The van der Waals surface area contributed by atoms with Gasteiger partial charge in [-0.05, 0) is 40.9 Å². The fourth-order valence-electron chi connectivity index (χ4n) is 2.47. The van der Waals surface area contributed by atoms with Crippen LogP contribution in [0.2, 0.25) is 0 Å². The molecule has 0 spiro atoms. The van der Waals surface area contributed by atoms with E-state index in [1.807, 2.05) is 24.3 Å². The number of nitrogens with zero attached hydrogens (tertiary/aromatic N) is 1. The molecule has 1 fully saturated rings. The highest BCUT2D eigenvalue weighted by Gasteiger charge is 2.27. The van der Waals surface area contributed by atoms with Gasteiger partial charge in [-0.1, -0.05) is 12.1 Å². The molecule has 0 saturated carbocycles. The van der Waals surface area contributed by atoms with Gasteiger partial charge < -0.3 is 16.0 Å². The van der Waals surface area contributed by atoms with Crippen molar-refractivity contribution in [3.63, 3.8) is 0 Å². The lowest BCUT2D eigenvalue weighted by Crippen LogP contribution is -2.42. The van der Waals surface area contributed by atoms with Crippen LogP contribution in [-0.4, -0.2) is 36.3 Å². The third-order valence-corrected chi connectivity index (χ3v) is 4.40. The Morgan fingerprint density at radius 2 is 1.95 bits per heavy atom. The van der Waals surface area contributed by atoms with Crippen molar-refractivity contribution < 1.29 is 9.59 Å². The SMILES string of the molecule is NCCC(=O)N1CCC(C(=O)Nc2ccccc2Br)CC1. The van der Waals surface area contributed by atoms with E-state index in [4.69, 9.17) is 5.73 Å². The maximum absolute atomic E-state index is 12.3. The quantitative estimate of drug-likeness (QED) is 0.868. The van der Waals surface area contributed by atoms with E-state index in [0.717, 1.165) is 10.2 Å². The molecule has 21 heavy (non-hydrogen) atoms. The molecule has 1 aromatic carbocycles. The summed E-state index contributed by atoms with van der Waals surface area (Å²) in [7, 11) is 0. The van der Waals surface area contributed by atoms with Gasteiger partial charge in [0.1, 0.15) is 0 Å². The number of likely N-dealkylation sites (tertiary alicyclic amines) is 1. The monoisotopic (exact) mass is 353 g/mol. The topological polar surface area (TPSA) is 75.4 Å². The van der Waals surface area contributed by atoms with Crippen molar-refractivity contribution in [1.29, 1.82) is 0 Å². The number of halogens is 1. The first-order valence-electron chi connectivity index (χ1n) is 7.15. The van der Waals surface area contributed by atoms with Gasteiger partial charge in [-0.15, -0.1) is 0 Å². The third-order valence-electron chi connectivity index (χ3n) is 3.71. The Morgan fingerprint density at radius 1 is 1.29 bits per heavy atom. The molecular weight excluding hydrogens is 334 g/mol. The fraction of sp³-hybridized carbons (Fsp3) is 0.467. The van der Waals surface area contributed by atoms with Gasteiger partial charge in [-0.2, -0.15) is 0 Å². The molecule has 2 rings (SSSR count). The average molecular weight is 354 g/mol. The molecule has 0 aliphatic carbocycles. The predicted octanol–water partition coefficient (Wildman–Crippen LogP) is 1.97. The van der Waals surface area contributed by atoms with Crippen LogP contribution in [0.4, 0.5) is 5.69 Å². The summed E-state index contributed by atoms with van der Waals surface area (Å²) in [5, 5.41) is 2.94. The molecule has 0 unspecified atom stereocenters. The number of amides is 2. The molecule has 1 saturated heterocycles. The Kier molecular flexibility index (Phi) is 5.76. The summed E-state index contributed by atoms with van der Waals surface area (Å²) in [6, 6.07) is 7.54. The highest BCUT2D eigenvalue weighted by Crippen LogP contribution is 2.24. The normalized spacial score (nSPS) is 15.8. The molecular formula is C15H20BrN3O2. The maximum Gasteiger partial charge on any atom is 0.227 e. The van der Waals surface area contributed by atoms with Crippen LogP contribution >= 0.6 is 15.9 Å². The smallest absolute Gasteiger partial charge is 0.227 e. The second-order valence-corrected chi connectivity index (χ2v) is 6.02. The molecule has 6 heteroatoms. The van der Waals surface area contributed by atoms with Crippen LogP contribution in [0.1, 0.15) is 19.3 Å². The molecule has 5 nitrogen and oxygen atoms in total. The Labute approximate surface area is 133 Å².